The average molecular weight is 370 g/mol. The van der Waals surface area contributed by atoms with Crippen molar-refractivity contribution in [2.45, 2.75) is 39.3 Å². The summed E-state index contributed by atoms with van der Waals surface area (Å²) in [7, 11) is 0. The van der Waals surface area contributed by atoms with Gasteiger partial charge < -0.3 is 5.32 Å². The number of rotatable bonds is 7. The first-order chi connectivity index (χ1) is 11.8. The van der Waals surface area contributed by atoms with Crippen molar-refractivity contribution in [1.82, 2.24) is 10.3 Å². The zero-order chi connectivity index (χ0) is 18.4. The van der Waals surface area contributed by atoms with E-state index >= 15 is 0 Å². The Bertz CT molecular complexity index is 693. The number of aromatic nitrogens is 1. The largest absolute Gasteiger partial charge is 0.416 e. The Labute approximate surface area is 149 Å². The summed E-state index contributed by atoms with van der Waals surface area (Å²) in [5, 5.41) is 5.23. The van der Waals surface area contributed by atoms with E-state index in [9.17, 15) is 18.0 Å². The molecular weight excluding hydrogens is 349 g/mol. The standard InChI is InChI=1S/C18H21F3N2OS/c1-12(2)4-3-9-22-16(24)10-15-11-25-17(23-15)13-5-7-14(8-6-13)18(19,20)21/h5-8,11-12H,3-4,9-10H2,1-2H3,(H,22,24). The molecule has 0 atom stereocenters. The molecule has 0 saturated heterocycles. The van der Waals surface area contributed by atoms with Crippen molar-refractivity contribution in [2.24, 2.45) is 5.92 Å². The minimum atomic E-state index is -4.35. The second-order valence-corrected chi connectivity index (χ2v) is 7.14. The molecule has 7 heteroatoms. The molecule has 2 aromatic rings. The van der Waals surface area contributed by atoms with E-state index in [1.54, 1.807) is 5.38 Å². The van der Waals surface area contributed by atoms with Gasteiger partial charge in [0.1, 0.15) is 5.01 Å². The number of halogens is 3. The normalized spacial score (nSPS) is 11.8. The second kappa shape index (κ2) is 8.47. The van der Waals surface area contributed by atoms with E-state index in [0.717, 1.165) is 25.0 Å². The van der Waals surface area contributed by atoms with Gasteiger partial charge in [-0.1, -0.05) is 26.0 Å². The molecule has 0 bridgehead atoms. The van der Waals surface area contributed by atoms with Gasteiger partial charge in [-0.2, -0.15) is 13.2 Å². The third-order valence-electron chi connectivity index (χ3n) is 3.63. The maximum absolute atomic E-state index is 12.6. The van der Waals surface area contributed by atoms with E-state index < -0.39 is 11.7 Å². The monoisotopic (exact) mass is 370 g/mol. The van der Waals surface area contributed by atoms with Crippen LogP contribution in [0, 0.1) is 5.92 Å². The molecule has 0 saturated carbocycles. The highest BCUT2D eigenvalue weighted by Crippen LogP contribution is 2.31. The summed E-state index contributed by atoms with van der Waals surface area (Å²) < 4.78 is 37.8. The molecule has 0 unspecified atom stereocenters. The van der Waals surface area contributed by atoms with Gasteiger partial charge in [-0.15, -0.1) is 11.3 Å². The van der Waals surface area contributed by atoms with E-state index in [2.05, 4.69) is 24.1 Å². The number of nitrogens with one attached hydrogen (secondary N) is 1. The molecule has 0 aliphatic carbocycles. The van der Waals surface area contributed by atoms with Gasteiger partial charge in [0.2, 0.25) is 5.91 Å². The molecule has 2 rings (SSSR count). The van der Waals surface area contributed by atoms with Crippen molar-refractivity contribution >= 4 is 17.2 Å². The molecule has 1 amide bonds. The first-order valence-electron chi connectivity index (χ1n) is 8.14. The van der Waals surface area contributed by atoms with Crippen molar-refractivity contribution in [3.05, 3.63) is 40.9 Å². The number of hydrogen-bond donors (Lipinski definition) is 1. The molecule has 3 nitrogen and oxygen atoms in total. The molecule has 0 radical (unpaired) electrons. The molecule has 25 heavy (non-hydrogen) atoms. The predicted molar refractivity (Wildman–Crippen MR) is 93.3 cm³/mol. The van der Waals surface area contributed by atoms with Crippen LogP contribution in [0.3, 0.4) is 0 Å². The van der Waals surface area contributed by atoms with Crippen LogP contribution < -0.4 is 5.32 Å². The third kappa shape index (κ3) is 6.16. The summed E-state index contributed by atoms with van der Waals surface area (Å²) in [6, 6.07) is 4.88. The average Bonchev–Trinajstić information content (AvgIpc) is 2.99. The number of benzene rings is 1. The molecule has 1 aromatic carbocycles. The lowest BCUT2D eigenvalue weighted by Gasteiger charge is -2.06. The van der Waals surface area contributed by atoms with Crippen LogP contribution in [0.25, 0.3) is 10.6 Å². The van der Waals surface area contributed by atoms with Gasteiger partial charge >= 0.3 is 6.18 Å². The summed E-state index contributed by atoms with van der Waals surface area (Å²) in [6.07, 6.45) is -2.16. The Hall–Kier alpha value is -1.89. The Morgan fingerprint density at radius 2 is 1.92 bits per heavy atom. The lowest BCUT2D eigenvalue weighted by Crippen LogP contribution is -2.26. The zero-order valence-corrected chi connectivity index (χ0v) is 15.0. The minimum Gasteiger partial charge on any atom is -0.356 e. The third-order valence-corrected chi connectivity index (χ3v) is 4.57. The van der Waals surface area contributed by atoms with Crippen LogP contribution in [0.15, 0.2) is 29.6 Å². The number of thiazole rings is 1. The van der Waals surface area contributed by atoms with Gasteiger partial charge in [0.05, 0.1) is 17.7 Å². The lowest BCUT2D eigenvalue weighted by molar-refractivity contribution is -0.137. The van der Waals surface area contributed by atoms with Crippen LogP contribution >= 0.6 is 11.3 Å². The topological polar surface area (TPSA) is 42.0 Å². The molecule has 1 aromatic heterocycles. The van der Waals surface area contributed by atoms with Crippen LogP contribution in [-0.2, 0) is 17.4 Å². The number of amides is 1. The molecule has 136 valence electrons. The molecule has 0 spiro atoms. The van der Waals surface area contributed by atoms with Crippen molar-refractivity contribution in [1.29, 1.82) is 0 Å². The second-order valence-electron chi connectivity index (χ2n) is 6.28. The number of nitrogens with zero attached hydrogens (tertiary/aromatic N) is 1. The number of carbonyl (C=O) groups is 1. The van der Waals surface area contributed by atoms with Crippen LogP contribution in [-0.4, -0.2) is 17.4 Å². The van der Waals surface area contributed by atoms with Gasteiger partial charge in [-0.25, -0.2) is 4.98 Å². The molecular formula is C18H21F3N2OS. The highest BCUT2D eigenvalue weighted by atomic mass is 32.1. The van der Waals surface area contributed by atoms with Crippen molar-refractivity contribution in [3.8, 4) is 10.6 Å². The van der Waals surface area contributed by atoms with Crippen molar-refractivity contribution in [2.75, 3.05) is 6.54 Å². The fourth-order valence-electron chi connectivity index (χ4n) is 2.29. The lowest BCUT2D eigenvalue weighted by atomic mass is 10.1. The maximum Gasteiger partial charge on any atom is 0.416 e. The van der Waals surface area contributed by atoms with Gasteiger partial charge in [-0.3, -0.25) is 4.79 Å². The molecule has 0 aliphatic heterocycles. The fourth-order valence-corrected chi connectivity index (χ4v) is 3.11. The van der Waals surface area contributed by atoms with Crippen molar-refractivity contribution < 1.29 is 18.0 Å². The van der Waals surface area contributed by atoms with E-state index in [4.69, 9.17) is 0 Å². The van der Waals surface area contributed by atoms with Crippen molar-refractivity contribution in [3.63, 3.8) is 0 Å². The smallest absolute Gasteiger partial charge is 0.356 e. The van der Waals surface area contributed by atoms with E-state index in [-0.39, 0.29) is 12.3 Å². The number of carbonyl (C=O) groups excluding carboxylic acids is 1. The van der Waals surface area contributed by atoms with E-state index in [1.807, 2.05) is 0 Å². The summed E-state index contributed by atoms with van der Waals surface area (Å²) in [4.78, 5) is 16.2. The number of alkyl halides is 3. The van der Waals surface area contributed by atoms with Gasteiger partial charge in [0.25, 0.3) is 0 Å². The highest BCUT2D eigenvalue weighted by Gasteiger charge is 2.30. The summed E-state index contributed by atoms with van der Waals surface area (Å²) >= 11 is 1.32. The highest BCUT2D eigenvalue weighted by molar-refractivity contribution is 7.13. The van der Waals surface area contributed by atoms with Crippen LogP contribution in [0.2, 0.25) is 0 Å². The van der Waals surface area contributed by atoms with Crippen LogP contribution in [0.5, 0.6) is 0 Å². The van der Waals surface area contributed by atoms with Crippen LogP contribution in [0.4, 0.5) is 13.2 Å². The number of hydrogen-bond acceptors (Lipinski definition) is 3. The van der Waals surface area contributed by atoms with Gasteiger partial charge in [-0.05, 0) is 30.9 Å². The maximum atomic E-state index is 12.6. The quantitative estimate of drug-likeness (QED) is 0.703. The summed E-state index contributed by atoms with van der Waals surface area (Å²) in [5.41, 5.74) is 0.552. The molecule has 0 aliphatic rings. The summed E-state index contributed by atoms with van der Waals surface area (Å²) in [6.45, 7) is 4.92. The van der Waals surface area contributed by atoms with Crippen LogP contribution in [0.1, 0.15) is 37.9 Å². The Kier molecular flexibility index (Phi) is 6.58. The Morgan fingerprint density at radius 3 is 2.52 bits per heavy atom. The molecule has 1 N–H and O–H groups in total. The van der Waals surface area contributed by atoms with Gasteiger partial charge in [0.15, 0.2) is 0 Å². The summed E-state index contributed by atoms with van der Waals surface area (Å²) in [5.74, 6) is 0.523. The van der Waals surface area contributed by atoms with E-state index in [0.29, 0.717) is 28.7 Å². The zero-order valence-electron chi connectivity index (χ0n) is 14.2. The molecule has 0 fully saturated rings. The minimum absolute atomic E-state index is 0.0898. The van der Waals surface area contributed by atoms with Gasteiger partial charge in [0, 0.05) is 17.5 Å². The fraction of sp³-hybridized carbons (Fsp3) is 0.444. The molecule has 1 heterocycles. The van der Waals surface area contributed by atoms with E-state index in [1.165, 1.54) is 23.5 Å². The Morgan fingerprint density at radius 1 is 1.24 bits per heavy atom. The first kappa shape index (κ1) is 19.4. The Balaban J connectivity index is 1.90. The predicted octanol–water partition coefficient (Wildman–Crippen LogP) is 4.92. The SMILES string of the molecule is CC(C)CCCNC(=O)Cc1csc(-c2ccc(C(F)(F)F)cc2)n1. The first-order valence-corrected chi connectivity index (χ1v) is 9.02.